The zero-order valence-electron chi connectivity index (χ0n) is 18.6. The molecule has 1 unspecified atom stereocenters. The number of hydrogen-bond acceptors (Lipinski definition) is 4. The van der Waals surface area contributed by atoms with E-state index in [0.717, 1.165) is 23.7 Å². The van der Waals surface area contributed by atoms with Crippen molar-refractivity contribution in [1.82, 2.24) is 0 Å². The third-order valence-electron chi connectivity index (χ3n) is 6.88. The van der Waals surface area contributed by atoms with Crippen molar-refractivity contribution in [2.75, 3.05) is 6.61 Å². The van der Waals surface area contributed by atoms with Gasteiger partial charge in [0.15, 0.2) is 0 Å². The summed E-state index contributed by atoms with van der Waals surface area (Å²) in [5.41, 5.74) is 4.53. The molecular weight excluding hydrogens is 410 g/mol. The Morgan fingerprint density at radius 3 is 2.06 bits per heavy atom. The Balaban J connectivity index is 1.16. The fraction of sp³-hybridized carbons (Fsp3) is 0.310. The van der Waals surface area contributed by atoms with E-state index in [1.807, 2.05) is 36.4 Å². The van der Waals surface area contributed by atoms with Gasteiger partial charge in [-0.2, -0.15) is 5.26 Å². The van der Waals surface area contributed by atoms with Gasteiger partial charge in [-0.05, 0) is 97.0 Å². The van der Waals surface area contributed by atoms with Gasteiger partial charge in [0.2, 0.25) is 0 Å². The minimum Gasteiger partial charge on any atom is -0.423 e. The van der Waals surface area contributed by atoms with Gasteiger partial charge < -0.3 is 9.47 Å². The van der Waals surface area contributed by atoms with Crippen LogP contribution >= 0.6 is 0 Å². The molecule has 1 aliphatic heterocycles. The first-order valence-electron chi connectivity index (χ1n) is 11.7. The lowest BCUT2D eigenvalue weighted by atomic mass is 9.77. The maximum atomic E-state index is 12.6. The quantitative estimate of drug-likeness (QED) is 0.251. The SMILES string of the molecule is N#Cc1ccc(-c2ccc(OC(=O)c3ccc(C4CCC(CC5CO5)CC4)cc3)cc2)cc1. The van der Waals surface area contributed by atoms with E-state index < -0.39 is 0 Å². The molecule has 0 spiro atoms. The largest absolute Gasteiger partial charge is 0.423 e. The van der Waals surface area contributed by atoms with Gasteiger partial charge in [-0.1, -0.05) is 36.4 Å². The van der Waals surface area contributed by atoms with Crippen molar-refractivity contribution in [3.05, 3.63) is 89.5 Å². The maximum absolute atomic E-state index is 12.6. The molecule has 4 nitrogen and oxygen atoms in total. The Bertz CT molecular complexity index is 1130. The Kier molecular flexibility index (Phi) is 6.24. The van der Waals surface area contributed by atoms with E-state index in [0.29, 0.717) is 28.9 Å². The summed E-state index contributed by atoms with van der Waals surface area (Å²) in [6.07, 6.45) is 6.73. The lowest BCUT2D eigenvalue weighted by Gasteiger charge is -2.28. The third-order valence-corrected chi connectivity index (χ3v) is 6.88. The molecule has 33 heavy (non-hydrogen) atoms. The molecule has 1 saturated heterocycles. The second kappa shape index (κ2) is 9.60. The number of esters is 1. The molecule has 0 bridgehead atoms. The zero-order valence-corrected chi connectivity index (χ0v) is 18.6. The monoisotopic (exact) mass is 437 g/mol. The lowest BCUT2D eigenvalue weighted by molar-refractivity contribution is 0.0734. The van der Waals surface area contributed by atoms with Gasteiger partial charge in [-0.15, -0.1) is 0 Å². The molecule has 2 fully saturated rings. The van der Waals surface area contributed by atoms with E-state index in [1.165, 1.54) is 37.7 Å². The van der Waals surface area contributed by atoms with Crippen LogP contribution in [-0.4, -0.2) is 18.7 Å². The number of benzene rings is 3. The second-order valence-corrected chi connectivity index (χ2v) is 9.13. The molecule has 1 atom stereocenters. The highest BCUT2D eigenvalue weighted by Crippen LogP contribution is 2.39. The van der Waals surface area contributed by atoms with Crippen LogP contribution in [0.4, 0.5) is 0 Å². The number of nitrogens with zero attached hydrogens (tertiary/aromatic N) is 1. The van der Waals surface area contributed by atoms with Crippen LogP contribution in [0.5, 0.6) is 5.75 Å². The summed E-state index contributed by atoms with van der Waals surface area (Å²) >= 11 is 0. The molecule has 4 heteroatoms. The molecule has 1 heterocycles. The van der Waals surface area contributed by atoms with Crippen molar-refractivity contribution >= 4 is 5.97 Å². The maximum Gasteiger partial charge on any atom is 0.343 e. The van der Waals surface area contributed by atoms with Crippen molar-refractivity contribution in [2.24, 2.45) is 5.92 Å². The molecule has 0 N–H and O–H groups in total. The molecule has 5 rings (SSSR count). The predicted molar refractivity (Wildman–Crippen MR) is 127 cm³/mol. The molecule has 0 radical (unpaired) electrons. The number of nitriles is 1. The lowest BCUT2D eigenvalue weighted by Crippen LogP contribution is -2.15. The average Bonchev–Trinajstić information content (AvgIpc) is 3.69. The van der Waals surface area contributed by atoms with Gasteiger partial charge in [0, 0.05) is 0 Å². The van der Waals surface area contributed by atoms with Crippen molar-refractivity contribution in [3.63, 3.8) is 0 Å². The molecule has 1 saturated carbocycles. The smallest absolute Gasteiger partial charge is 0.343 e. The normalized spacial score (nSPS) is 21.7. The van der Waals surface area contributed by atoms with E-state index in [1.54, 1.807) is 24.3 Å². The number of rotatable bonds is 6. The van der Waals surface area contributed by atoms with Gasteiger partial charge in [0.25, 0.3) is 0 Å². The van der Waals surface area contributed by atoms with Crippen molar-refractivity contribution in [1.29, 1.82) is 5.26 Å². The zero-order chi connectivity index (χ0) is 22.6. The molecule has 0 aromatic heterocycles. The molecular formula is C29H27NO3. The summed E-state index contributed by atoms with van der Waals surface area (Å²) in [6, 6.07) is 24.9. The van der Waals surface area contributed by atoms with E-state index >= 15 is 0 Å². The highest BCUT2D eigenvalue weighted by molar-refractivity contribution is 5.91. The molecule has 0 amide bonds. The fourth-order valence-corrected chi connectivity index (χ4v) is 4.82. The first-order valence-corrected chi connectivity index (χ1v) is 11.7. The average molecular weight is 438 g/mol. The topological polar surface area (TPSA) is 62.6 Å². The Morgan fingerprint density at radius 2 is 1.48 bits per heavy atom. The summed E-state index contributed by atoms with van der Waals surface area (Å²) in [4.78, 5) is 12.6. The molecule has 3 aromatic carbocycles. The van der Waals surface area contributed by atoms with E-state index in [-0.39, 0.29) is 5.97 Å². The van der Waals surface area contributed by atoms with Crippen LogP contribution in [0.2, 0.25) is 0 Å². The fourth-order valence-electron chi connectivity index (χ4n) is 4.82. The van der Waals surface area contributed by atoms with Gasteiger partial charge in [-0.25, -0.2) is 4.79 Å². The number of carbonyl (C=O) groups excluding carboxylic acids is 1. The van der Waals surface area contributed by atoms with Crippen molar-refractivity contribution < 1.29 is 14.3 Å². The number of ether oxygens (including phenoxy) is 2. The number of epoxide rings is 1. The van der Waals surface area contributed by atoms with Crippen LogP contribution in [0.15, 0.2) is 72.8 Å². The molecule has 1 aliphatic carbocycles. The van der Waals surface area contributed by atoms with Crippen molar-refractivity contribution in [2.45, 2.75) is 44.1 Å². The third kappa shape index (κ3) is 5.32. The first-order chi connectivity index (χ1) is 16.2. The minimum absolute atomic E-state index is 0.346. The Morgan fingerprint density at radius 1 is 0.879 bits per heavy atom. The number of hydrogen-bond donors (Lipinski definition) is 0. The van der Waals surface area contributed by atoms with E-state index in [4.69, 9.17) is 14.7 Å². The first kappa shape index (κ1) is 21.4. The van der Waals surface area contributed by atoms with Crippen LogP contribution < -0.4 is 4.74 Å². The summed E-state index contributed by atoms with van der Waals surface area (Å²) < 4.78 is 11.0. The van der Waals surface area contributed by atoms with Gasteiger partial charge >= 0.3 is 5.97 Å². The van der Waals surface area contributed by atoms with Crippen LogP contribution in [-0.2, 0) is 4.74 Å². The van der Waals surface area contributed by atoms with Gasteiger partial charge in [0.1, 0.15) is 5.75 Å². The summed E-state index contributed by atoms with van der Waals surface area (Å²) in [6.45, 7) is 0.957. The standard InChI is InChI=1S/C29H27NO3/c30-18-21-3-7-23(8-4-21)25-13-15-27(16-14-25)33-29(31)26-11-9-24(10-12-26)22-5-1-20(2-6-22)17-28-19-32-28/h3-4,7-16,20,22,28H,1-2,5-6,17,19H2. The molecule has 166 valence electrons. The highest BCUT2D eigenvalue weighted by atomic mass is 16.6. The van der Waals surface area contributed by atoms with Crippen LogP contribution in [0.1, 0.15) is 59.5 Å². The van der Waals surface area contributed by atoms with Crippen LogP contribution in [0.25, 0.3) is 11.1 Å². The van der Waals surface area contributed by atoms with Crippen LogP contribution in [0.3, 0.4) is 0 Å². The summed E-state index contributed by atoms with van der Waals surface area (Å²) in [5, 5.41) is 8.93. The highest BCUT2D eigenvalue weighted by Gasteiger charge is 2.30. The van der Waals surface area contributed by atoms with E-state index in [2.05, 4.69) is 18.2 Å². The van der Waals surface area contributed by atoms with Gasteiger partial charge in [-0.3, -0.25) is 0 Å². The molecule has 2 aliphatic rings. The summed E-state index contributed by atoms with van der Waals surface area (Å²) in [5.74, 6) is 1.56. The Hall–Kier alpha value is -3.42. The van der Waals surface area contributed by atoms with Crippen LogP contribution in [0, 0.1) is 17.2 Å². The second-order valence-electron chi connectivity index (χ2n) is 9.13. The van der Waals surface area contributed by atoms with Crippen molar-refractivity contribution in [3.8, 4) is 22.9 Å². The minimum atomic E-state index is -0.346. The summed E-state index contributed by atoms with van der Waals surface area (Å²) in [7, 11) is 0. The molecule has 3 aromatic rings. The van der Waals surface area contributed by atoms with Gasteiger partial charge in [0.05, 0.1) is 29.9 Å². The number of carbonyl (C=O) groups is 1. The Labute approximate surface area is 194 Å². The van der Waals surface area contributed by atoms with E-state index in [9.17, 15) is 4.79 Å². The predicted octanol–water partition coefficient (Wildman–Crippen LogP) is 6.51.